The smallest absolute Gasteiger partial charge is 0.246 e. The molecule has 8 nitrogen and oxygen atoms in total. The second-order valence-electron chi connectivity index (χ2n) is 8.07. The van der Waals surface area contributed by atoms with Crippen LogP contribution < -0.4 is 9.47 Å². The molecule has 0 unspecified atom stereocenters. The number of hydrogen-bond donors (Lipinski definition) is 0. The third-order valence-corrected chi connectivity index (χ3v) is 9.24. The highest BCUT2D eigenvalue weighted by molar-refractivity contribution is 7.89. The lowest BCUT2D eigenvalue weighted by atomic mass is 10.0. The Morgan fingerprint density at radius 2 is 1.38 bits per heavy atom. The molecule has 1 aliphatic rings. The quantitative estimate of drug-likeness (QED) is 0.574. The Morgan fingerprint density at radius 3 is 1.88 bits per heavy atom. The number of hydrogen-bond acceptors (Lipinski definition) is 6. The average Bonchev–Trinajstić information content (AvgIpc) is 2.78. The first kappa shape index (κ1) is 24.5. The predicted molar refractivity (Wildman–Crippen MR) is 122 cm³/mol. The second kappa shape index (κ2) is 9.78. The first-order valence-corrected chi connectivity index (χ1v) is 13.3. The topological polar surface area (TPSA) is 93.2 Å². The molecule has 0 N–H and O–H groups in total. The van der Waals surface area contributed by atoms with Crippen molar-refractivity contribution >= 4 is 20.0 Å². The summed E-state index contributed by atoms with van der Waals surface area (Å²) in [5.41, 5.74) is 1.09. The van der Waals surface area contributed by atoms with E-state index in [1.54, 1.807) is 18.2 Å². The van der Waals surface area contributed by atoms with Crippen molar-refractivity contribution in [3.05, 3.63) is 48.0 Å². The number of ether oxygens (including phenoxy) is 2. The van der Waals surface area contributed by atoms with Crippen LogP contribution >= 0.6 is 0 Å². The van der Waals surface area contributed by atoms with Crippen molar-refractivity contribution in [2.45, 2.75) is 30.1 Å². The third-order valence-electron chi connectivity index (χ3n) is 5.39. The second-order valence-corrected chi connectivity index (χ2v) is 11.9. The van der Waals surface area contributed by atoms with Gasteiger partial charge >= 0.3 is 0 Å². The molecule has 0 bridgehead atoms. The molecule has 1 saturated heterocycles. The number of sulfonamides is 2. The maximum Gasteiger partial charge on any atom is 0.246 e. The molecule has 2 aromatic carbocycles. The van der Waals surface area contributed by atoms with Crippen LogP contribution in [0.5, 0.6) is 11.5 Å². The van der Waals surface area contributed by atoms with Crippen LogP contribution in [-0.4, -0.2) is 65.8 Å². The Morgan fingerprint density at radius 1 is 0.812 bits per heavy atom. The highest BCUT2D eigenvalue weighted by atomic mass is 32.2. The van der Waals surface area contributed by atoms with Gasteiger partial charge in [-0.15, -0.1) is 0 Å². The molecule has 0 aliphatic carbocycles. The fourth-order valence-corrected chi connectivity index (χ4v) is 6.68. The minimum absolute atomic E-state index is 0.0258. The Kier molecular flexibility index (Phi) is 7.49. The van der Waals surface area contributed by atoms with Crippen molar-refractivity contribution in [2.24, 2.45) is 5.92 Å². The van der Waals surface area contributed by atoms with Crippen LogP contribution in [0, 0.1) is 5.92 Å². The zero-order valence-corrected chi connectivity index (χ0v) is 20.4. The van der Waals surface area contributed by atoms with Crippen molar-refractivity contribution in [1.82, 2.24) is 8.61 Å². The summed E-state index contributed by atoms with van der Waals surface area (Å²) >= 11 is 0. The number of methoxy groups -OCH3 is 2. The molecular weight excluding hydrogens is 452 g/mol. The van der Waals surface area contributed by atoms with E-state index in [1.165, 1.54) is 35.0 Å². The molecule has 1 fully saturated rings. The lowest BCUT2D eigenvalue weighted by Gasteiger charge is -2.33. The lowest BCUT2D eigenvalue weighted by molar-refractivity contribution is 0.272. The normalized spacial score (nSPS) is 16.3. The minimum atomic E-state index is -3.85. The monoisotopic (exact) mass is 482 g/mol. The molecule has 0 amide bonds. The number of rotatable bonds is 8. The van der Waals surface area contributed by atoms with Crippen LogP contribution in [0.25, 0.3) is 0 Å². The van der Waals surface area contributed by atoms with E-state index in [1.807, 2.05) is 12.1 Å². The molecular formula is C22H30N2O6S2. The fourth-order valence-electron chi connectivity index (χ4n) is 3.70. The van der Waals surface area contributed by atoms with Gasteiger partial charge in [-0.2, -0.15) is 8.61 Å². The van der Waals surface area contributed by atoms with Crippen LogP contribution in [0.2, 0.25) is 0 Å². The molecule has 32 heavy (non-hydrogen) atoms. The van der Waals surface area contributed by atoms with Crippen LogP contribution in [0.15, 0.2) is 52.3 Å². The van der Waals surface area contributed by atoms with Crippen LogP contribution in [0.4, 0.5) is 0 Å². The first-order chi connectivity index (χ1) is 15.1. The van der Waals surface area contributed by atoms with Gasteiger partial charge in [-0.25, -0.2) is 16.8 Å². The van der Waals surface area contributed by atoms with E-state index >= 15 is 0 Å². The van der Waals surface area contributed by atoms with E-state index in [0.29, 0.717) is 11.7 Å². The standard InChI is InChI=1S/C22H30N2O6S2/c1-17(2)15-18-5-8-20(9-6-18)31(25,26)23-11-13-24(14-12-23)32(27,28)22-10-7-19(29-3)16-21(22)30-4/h5-10,16-17H,11-15H2,1-4H3. The highest BCUT2D eigenvalue weighted by Crippen LogP contribution is 2.31. The Bertz CT molecular complexity index is 1140. The van der Waals surface area contributed by atoms with E-state index in [4.69, 9.17) is 9.47 Å². The van der Waals surface area contributed by atoms with Crippen LogP contribution in [0.3, 0.4) is 0 Å². The summed E-state index contributed by atoms with van der Waals surface area (Å²) in [4.78, 5) is 0.246. The van der Waals surface area contributed by atoms with Crippen LogP contribution in [-0.2, 0) is 26.5 Å². The number of piperazine rings is 1. The maximum atomic E-state index is 13.2. The highest BCUT2D eigenvalue weighted by Gasteiger charge is 2.35. The Hall–Kier alpha value is -2.14. The molecule has 0 radical (unpaired) electrons. The summed E-state index contributed by atoms with van der Waals surface area (Å²) in [7, 11) is -4.66. The molecule has 176 valence electrons. The Balaban J connectivity index is 1.74. The summed E-state index contributed by atoms with van der Waals surface area (Å²) in [5, 5.41) is 0. The maximum absolute atomic E-state index is 13.2. The molecule has 10 heteroatoms. The minimum Gasteiger partial charge on any atom is -0.497 e. The molecule has 0 aromatic heterocycles. The van der Waals surface area contributed by atoms with E-state index < -0.39 is 20.0 Å². The summed E-state index contributed by atoms with van der Waals surface area (Å²) in [6, 6.07) is 11.4. The van der Waals surface area contributed by atoms with Gasteiger partial charge in [-0.05, 0) is 42.2 Å². The van der Waals surface area contributed by atoms with Gasteiger partial charge in [-0.1, -0.05) is 26.0 Å². The van der Waals surface area contributed by atoms with Gasteiger partial charge in [0.2, 0.25) is 20.0 Å². The molecule has 0 atom stereocenters. The van der Waals surface area contributed by atoms with Crippen molar-refractivity contribution in [1.29, 1.82) is 0 Å². The van der Waals surface area contributed by atoms with E-state index in [0.717, 1.165) is 12.0 Å². The predicted octanol–water partition coefficient (Wildman–Crippen LogP) is 2.60. The summed E-state index contributed by atoms with van der Waals surface area (Å²) < 4.78 is 65.4. The zero-order chi connectivity index (χ0) is 23.5. The Labute approximate surface area is 190 Å². The van der Waals surface area contributed by atoms with Gasteiger partial charge in [0.25, 0.3) is 0 Å². The van der Waals surface area contributed by atoms with Gasteiger partial charge in [0.15, 0.2) is 0 Å². The van der Waals surface area contributed by atoms with E-state index in [-0.39, 0.29) is 41.7 Å². The largest absolute Gasteiger partial charge is 0.497 e. The molecule has 1 heterocycles. The summed E-state index contributed by atoms with van der Waals surface area (Å²) in [6.45, 7) is 4.49. The zero-order valence-electron chi connectivity index (χ0n) is 18.8. The fraction of sp³-hybridized carbons (Fsp3) is 0.455. The molecule has 1 aliphatic heterocycles. The summed E-state index contributed by atoms with van der Waals surface area (Å²) in [6.07, 6.45) is 0.881. The average molecular weight is 483 g/mol. The summed E-state index contributed by atoms with van der Waals surface area (Å²) in [5.74, 6) is 1.15. The van der Waals surface area contributed by atoms with E-state index in [2.05, 4.69) is 13.8 Å². The number of benzene rings is 2. The van der Waals surface area contributed by atoms with Gasteiger partial charge in [0.1, 0.15) is 16.4 Å². The van der Waals surface area contributed by atoms with Gasteiger partial charge in [0.05, 0.1) is 19.1 Å². The molecule has 3 rings (SSSR count). The van der Waals surface area contributed by atoms with Gasteiger partial charge in [-0.3, -0.25) is 0 Å². The van der Waals surface area contributed by atoms with E-state index in [9.17, 15) is 16.8 Å². The number of nitrogens with zero attached hydrogens (tertiary/aromatic N) is 2. The molecule has 0 saturated carbocycles. The van der Waals surface area contributed by atoms with Gasteiger partial charge < -0.3 is 9.47 Å². The van der Waals surface area contributed by atoms with Crippen molar-refractivity contribution in [2.75, 3.05) is 40.4 Å². The third kappa shape index (κ3) is 5.09. The van der Waals surface area contributed by atoms with Crippen molar-refractivity contribution < 1.29 is 26.3 Å². The SMILES string of the molecule is COc1ccc(S(=O)(=O)N2CCN(S(=O)(=O)c3ccc(CC(C)C)cc3)CC2)c(OC)c1. The first-order valence-electron chi connectivity index (χ1n) is 10.4. The van der Waals surface area contributed by atoms with Crippen molar-refractivity contribution in [3.63, 3.8) is 0 Å². The molecule has 2 aromatic rings. The molecule has 0 spiro atoms. The van der Waals surface area contributed by atoms with Crippen LogP contribution in [0.1, 0.15) is 19.4 Å². The van der Waals surface area contributed by atoms with Crippen molar-refractivity contribution in [3.8, 4) is 11.5 Å². The lowest BCUT2D eigenvalue weighted by Crippen LogP contribution is -2.50. The van der Waals surface area contributed by atoms with Gasteiger partial charge in [0, 0.05) is 32.2 Å².